The predicted octanol–water partition coefficient (Wildman–Crippen LogP) is 1.76. The molecule has 0 amide bonds. The van der Waals surface area contributed by atoms with Gasteiger partial charge in [-0.05, 0) is 44.2 Å². The summed E-state index contributed by atoms with van der Waals surface area (Å²) in [5, 5.41) is 7.29. The Kier molecular flexibility index (Phi) is 2.39. The number of likely N-dealkylation sites (N-methyl/N-ethyl adjacent to an activating group) is 2. The lowest BCUT2D eigenvalue weighted by Crippen LogP contribution is -2.60. The first-order valence-corrected chi connectivity index (χ1v) is 5.99. The summed E-state index contributed by atoms with van der Waals surface area (Å²) in [6.07, 6.45) is 4.15. The minimum Gasteiger partial charge on any atom is -0.315 e. The Bertz CT molecular complexity index is 224. The monoisotopic (exact) mass is 196 g/mol. The van der Waals surface area contributed by atoms with Crippen molar-refractivity contribution in [3.63, 3.8) is 0 Å². The molecule has 0 heterocycles. The van der Waals surface area contributed by atoms with Gasteiger partial charge in [-0.25, -0.2) is 0 Å². The molecule has 2 nitrogen and oxygen atoms in total. The van der Waals surface area contributed by atoms with Gasteiger partial charge in [0.05, 0.1) is 0 Å². The fourth-order valence-corrected chi connectivity index (χ4v) is 4.18. The summed E-state index contributed by atoms with van der Waals surface area (Å²) in [6, 6.07) is 0.647. The van der Waals surface area contributed by atoms with E-state index in [0.29, 0.717) is 17.0 Å². The van der Waals surface area contributed by atoms with Crippen LogP contribution in [-0.2, 0) is 0 Å². The van der Waals surface area contributed by atoms with Gasteiger partial charge < -0.3 is 10.6 Å². The molecule has 14 heavy (non-hydrogen) atoms. The molecule has 2 saturated carbocycles. The standard InChI is InChI=1S/C12H24N2/c1-5-14-12-7-6-9(8-12)11(2,3)10(12)13-4/h9-10,13-14H,5-8H2,1-4H3. The van der Waals surface area contributed by atoms with Gasteiger partial charge in [-0.15, -0.1) is 0 Å². The lowest BCUT2D eigenvalue weighted by Gasteiger charge is -2.44. The first-order valence-electron chi connectivity index (χ1n) is 5.99. The first kappa shape index (κ1) is 10.4. The maximum Gasteiger partial charge on any atom is 0.0343 e. The Morgan fingerprint density at radius 2 is 2.07 bits per heavy atom. The van der Waals surface area contributed by atoms with Crippen LogP contribution in [0.2, 0.25) is 0 Å². The topological polar surface area (TPSA) is 24.1 Å². The summed E-state index contributed by atoms with van der Waals surface area (Å²) in [5.41, 5.74) is 0.868. The fourth-order valence-electron chi connectivity index (χ4n) is 4.18. The van der Waals surface area contributed by atoms with Crippen molar-refractivity contribution in [3.8, 4) is 0 Å². The Morgan fingerprint density at radius 3 is 2.64 bits per heavy atom. The van der Waals surface area contributed by atoms with Crippen LogP contribution < -0.4 is 10.6 Å². The first-order chi connectivity index (χ1) is 6.57. The van der Waals surface area contributed by atoms with Crippen LogP contribution in [0.5, 0.6) is 0 Å². The summed E-state index contributed by atoms with van der Waals surface area (Å²) in [7, 11) is 2.12. The zero-order valence-corrected chi connectivity index (χ0v) is 9.98. The van der Waals surface area contributed by atoms with Gasteiger partial charge in [0.15, 0.2) is 0 Å². The highest BCUT2D eigenvalue weighted by atomic mass is 15.1. The Labute approximate surface area is 87.8 Å². The molecule has 2 aliphatic rings. The number of nitrogens with one attached hydrogen (secondary N) is 2. The van der Waals surface area contributed by atoms with Crippen molar-refractivity contribution < 1.29 is 0 Å². The molecule has 0 aromatic rings. The molecule has 2 N–H and O–H groups in total. The lowest BCUT2D eigenvalue weighted by atomic mass is 9.71. The van der Waals surface area contributed by atoms with E-state index in [2.05, 4.69) is 38.5 Å². The third kappa shape index (κ3) is 1.17. The molecule has 0 saturated heterocycles. The van der Waals surface area contributed by atoms with Crippen LogP contribution in [0.3, 0.4) is 0 Å². The van der Waals surface area contributed by atoms with Crippen LogP contribution in [0.1, 0.15) is 40.0 Å². The SMILES string of the molecule is CCNC12CCC(C1)C(C)(C)C2NC. The minimum absolute atomic E-state index is 0.400. The van der Waals surface area contributed by atoms with Gasteiger partial charge in [0.2, 0.25) is 0 Å². The highest BCUT2D eigenvalue weighted by Gasteiger charge is 2.60. The maximum absolute atomic E-state index is 3.74. The summed E-state index contributed by atoms with van der Waals surface area (Å²) in [5.74, 6) is 0.916. The third-order valence-electron chi connectivity index (χ3n) is 4.72. The zero-order valence-electron chi connectivity index (χ0n) is 9.98. The molecule has 2 fully saturated rings. The van der Waals surface area contributed by atoms with E-state index in [9.17, 15) is 0 Å². The van der Waals surface area contributed by atoms with Gasteiger partial charge in [0, 0.05) is 11.6 Å². The summed E-state index contributed by atoms with van der Waals surface area (Å²) < 4.78 is 0. The molecule has 3 atom stereocenters. The number of hydrogen-bond donors (Lipinski definition) is 2. The van der Waals surface area contributed by atoms with Crippen molar-refractivity contribution in [2.24, 2.45) is 11.3 Å². The van der Waals surface area contributed by atoms with Crippen LogP contribution >= 0.6 is 0 Å². The third-order valence-corrected chi connectivity index (χ3v) is 4.72. The molecular weight excluding hydrogens is 172 g/mol. The molecule has 2 rings (SSSR count). The molecule has 3 unspecified atom stereocenters. The second-order valence-electron chi connectivity index (χ2n) is 5.67. The van der Waals surface area contributed by atoms with Gasteiger partial charge in [-0.2, -0.15) is 0 Å². The average molecular weight is 196 g/mol. The predicted molar refractivity (Wildman–Crippen MR) is 60.4 cm³/mol. The van der Waals surface area contributed by atoms with E-state index in [4.69, 9.17) is 0 Å². The molecule has 2 aliphatic carbocycles. The van der Waals surface area contributed by atoms with Crippen molar-refractivity contribution >= 4 is 0 Å². The van der Waals surface area contributed by atoms with E-state index >= 15 is 0 Å². The quantitative estimate of drug-likeness (QED) is 0.719. The van der Waals surface area contributed by atoms with E-state index in [0.717, 1.165) is 12.5 Å². The molecule has 0 radical (unpaired) electrons. The Hall–Kier alpha value is -0.0800. The van der Waals surface area contributed by atoms with Gasteiger partial charge in [-0.1, -0.05) is 20.8 Å². The van der Waals surface area contributed by atoms with E-state index < -0.39 is 0 Å². The molecule has 82 valence electrons. The van der Waals surface area contributed by atoms with Crippen molar-refractivity contribution in [3.05, 3.63) is 0 Å². The van der Waals surface area contributed by atoms with Crippen LogP contribution in [-0.4, -0.2) is 25.2 Å². The number of hydrogen-bond acceptors (Lipinski definition) is 2. The van der Waals surface area contributed by atoms with Crippen molar-refractivity contribution in [1.29, 1.82) is 0 Å². The Morgan fingerprint density at radius 1 is 1.36 bits per heavy atom. The second-order valence-corrected chi connectivity index (χ2v) is 5.67. The molecule has 2 heteroatoms. The normalized spacial score (nSPS) is 44.6. The molecule has 2 bridgehead atoms. The van der Waals surface area contributed by atoms with E-state index in [-0.39, 0.29) is 0 Å². The molecule has 0 aliphatic heterocycles. The highest BCUT2D eigenvalue weighted by Crippen LogP contribution is 2.57. The average Bonchev–Trinajstić information content (AvgIpc) is 2.58. The van der Waals surface area contributed by atoms with E-state index in [1.807, 2.05) is 0 Å². The van der Waals surface area contributed by atoms with Gasteiger partial charge in [0.1, 0.15) is 0 Å². The number of rotatable bonds is 3. The second kappa shape index (κ2) is 3.21. The van der Waals surface area contributed by atoms with E-state index in [1.165, 1.54) is 19.3 Å². The minimum atomic E-state index is 0.400. The Balaban J connectivity index is 2.26. The van der Waals surface area contributed by atoms with Gasteiger partial charge >= 0.3 is 0 Å². The fraction of sp³-hybridized carbons (Fsp3) is 1.00. The molecule has 0 aromatic carbocycles. The summed E-state index contributed by atoms with van der Waals surface area (Å²) in [4.78, 5) is 0. The largest absolute Gasteiger partial charge is 0.315 e. The van der Waals surface area contributed by atoms with Crippen LogP contribution in [0.15, 0.2) is 0 Å². The van der Waals surface area contributed by atoms with E-state index in [1.54, 1.807) is 0 Å². The number of fused-ring (bicyclic) bond motifs is 2. The van der Waals surface area contributed by atoms with Crippen LogP contribution in [0.25, 0.3) is 0 Å². The maximum atomic E-state index is 3.74. The van der Waals surface area contributed by atoms with Gasteiger partial charge in [0.25, 0.3) is 0 Å². The zero-order chi connectivity index (χ0) is 10.4. The highest BCUT2D eigenvalue weighted by molar-refractivity contribution is 5.18. The summed E-state index contributed by atoms with van der Waals surface area (Å²) in [6.45, 7) is 8.18. The van der Waals surface area contributed by atoms with Crippen molar-refractivity contribution in [2.75, 3.05) is 13.6 Å². The van der Waals surface area contributed by atoms with Crippen LogP contribution in [0, 0.1) is 11.3 Å². The lowest BCUT2D eigenvalue weighted by molar-refractivity contribution is 0.128. The molecule has 0 spiro atoms. The van der Waals surface area contributed by atoms with Crippen LogP contribution in [0.4, 0.5) is 0 Å². The van der Waals surface area contributed by atoms with Gasteiger partial charge in [-0.3, -0.25) is 0 Å². The van der Waals surface area contributed by atoms with Crippen molar-refractivity contribution in [2.45, 2.75) is 51.6 Å². The summed E-state index contributed by atoms with van der Waals surface area (Å²) >= 11 is 0. The molecule has 0 aromatic heterocycles. The molecular formula is C12H24N2. The van der Waals surface area contributed by atoms with Crippen molar-refractivity contribution in [1.82, 2.24) is 10.6 Å². The smallest absolute Gasteiger partial charge is 0.0343 e.